The van der Waals surface area contributed by atoms with Gasteiger partial charge < -0.3 is 60.7 Å². The van der Waals surface area contributed by atoms with E-state index in [9.17, 15) is 43.5 Å². The molecule has 0 spiro atoms. The molecular weight excluding hydrogens is 1160 g/mol. The fraction of sp³-hybridized carbons (Fsp3) is 0.738. The van der Waals surface area contributed by atoms with Crippen LogP contribution in [0, 0.1) is 41.4 Å². The molecule has 0 aliphatic carbocycles. The van der Waals surface area contributed by atoms with E-state index < -0.39 is 156 Å². The summed E-state index contributed by atoms with van der Waals surface area (Å²) in [5.74, 6) is -9.83. The standard InChI is InChI=1S/C65H111N11O12S/c1-24-46-61(84)70(17)35-51(77)71(18)47(31-36(2)3)58(81)69-52(40(10)11)64(87)72(19)48(32-37(4)5)57(80)66-43(15)56(79)67-44(16)60(83)73(20)49(33-38(6)7)62(85)74(21)50(34-39(8)9)63(86)75(22)53(41(12)13)65(88)76(23)54(59(82)68-46)55(78)42(14)27-25-28-45-29-26-30-89-45/h25-26,28-30,36-44,46-50,52-55,78H,24,27,31-35H2,1-23H3,(H,66,80)(H,67,79)(H,68,82)(H,69,81)/b28-25+/t42-,43+,44-,46+,47+,48+,49+,50+,52+,53+,54+,55-/m1/s1. The lowest BCUT2D eigenvalue weighted by molar-refractivity contribution is -0.157. The topological polar surface area (TPSA) is 279 Å². The van der Waals surface area contributed by atoms with Gasteiger partial charge in [-0.05, 0) is 111 Å². The van der Waals surface area contributed by atoms with Gasteiger partial charge in [0.15, 0.2) is 0 Å². The Morgan fingerprint density at radius 1 is 0.506 bits per heavy atom. The molecule has 504 valence electrons. The lowest BCUT2D eigenvalue weighted by atomic mass is 9.91. The first-order valence-electron chi connectivity index (χ1n) is 31.7. The van der Waals surface area contributed by atoms with Crippen molar-refractivity contribution in [1.82, 2.24) is 55.6 Å². The van der Waals surface area contributed by atoms with Gasteiger partial charge in [0.2, 0.25) is 65.0 Å². The molecule has 23 nitrogen and oxygen atoms in total. The van der Waals surface area contributed by atoms with E-state index in [1.54, 1.807) is 41.5 Å². The van der Waals surface area contributed by atoms with Crippen molar-refractivity contribution >= 4 is 82.4 Å². The third kappa shape index (κ3) is 22.2. The number of rotatable bonds is 16. The van der Waals surface area contributed by atoms with Crippen molar-refractivity contribution in [2.75, 3.05) is 55.9 Å². The van der Waals surface area contributed by atoms with Crippen molar-refractivity contribution < 1.29 is 57.8 Å². The fourth-order valence-corrected chi connectivity index (χ4v) is 11.8. The molecule has 1 saturated heterocycles. The molecule has 0 bridgehead atoms. The van der Waals surface area contributed by atoms with Crippen LogP contribution in [0.3, 0.4) is 0 Å². The number of likely N-dealkylation sites (N-methyl/N-ethyl adjacent to an activating group) is 7. The molecule has 2 rings (SSSR count). The third-order valence-corrected chi connectivity index (χ3v) is 17.5. The van der Waals surface area contributed by atoms with Gasteiger partial charge in [0.05, 0.1) is 12.6 Å². The van der Waals surface area contributed by atoms with Gasteiger partial charge in [-0.25, -0.2) is 0 Å². The molecule has 0 unspecified atom stereocenters. The maximum absolute atomic E-state index is 15.3. The van der Waals surface area contributed by atoms with E-state index in [-0.39, 0.29) is 62.2 Å². The zero-order valence-electron chi connectivity index (χ0n) is 57.7. The van der Waals surface area contributed by atoms with Crippen molar-refractivity contribution in [3.05, 3.63) is 28.5 Å². The molecule has 2 heterocycles. The smallest absolute Gasteiger partial charge is 0.246 e. The summed E-state index contributed by atoms with van der Waals surface area (Å²) < 4.78 is 0. The highest BCUT2D eigenvalue weighted by molar-refractivity contribution is 7.10. The first kappa shape index (κ1) is 78.7. The Balaban J connectivity index is 2.98. The molecule has 12 atom stereocenters. The minimum atomic E-state index is -1.64. The number of amides is 11. The van der Waals surface area contributed by atoms with Gasteiger partial charge in [-0.1, -0.05) is 109 Å². The Morgan fingerprint density at radius 2 is 0.955 bits per heavy atom. The highest BCUT2D eigenvalue weighted by atomic mass is 32.1. The molecule has 0 saturated carbocycles. The van der Waals surface area contributed by atoms with Crippen molar-refractivity contribution in [3.63, 3.8) is 0 Å². The summed E-state index contributed by atoms with van der Waals surface area (Å²) in [6.07, 6.45) is 3.09. The second kappa shape index (κ2) is 35.8. The molecule has 1 aliphatic rings. The van der Waals surface area contributed by atoms with E-state index in [1.165, 1.54) is 99.0 Å². The summed E-state index contributed by atoms with van der Waals surface area (Å²) in [5, 5.41) is 25.3. The Labute approximate surface area is 535 Å². The molecule has 0 aromatic carbocycles. The summed E-state index contributed by atoms with van der Waals surface area (Å²) in [6, 6.07) is -8.60. The number of nitrogens with one attached hydrogen (secondary N) is 4. The van der Waals surface area contributed by atoms with Crippen LogP contribution in [0.15, 0.2) is 23.6 Å². The van der Waals surface area contributed by atoms with Gasteiger partial charge in [0.1, 0.15) is 60.4 Å². The van der Waals surface area contributed by atoms with Crippen LogP contribution in [-0.4, -0.2) is 227 Å². The van der Waals surface area contributed by atoms with E-state index in [4.69, 9.17) is 0 Å². The van der Waals surface area contributed by atoms with Crippen molar-refractivity contribution in [2.45, 2.75) is 216 Å². The van der Waals surface area contributed by atoms with Crippen molar-refractivity contribution in [1.29, 1.82) is 0 Å². The lowest BCUT2D eigenvalue weighted by Crippen LogP contribution is -2.63. The Bertz CT molecular complexity index is 2590. The summed E-state index contributed by atoms with van der Waals surface area (Å²) in [6.45, 7) is 27.6. The number of aliphatic hydroxyl groups excluding tert-OH is 1. The second-order valence-corrected chi connectivity index (χ2v) is 27.9. The Morgan fingerprint density at radius 3 is 1.43 bits per heavy atom. The summed E-state index contributed by atoms with van der Waals surface area (Å²) in [5.41, 5.74) is 0. The maximum Gasteiger partial charge on any atom is 0.246 e. The number of allylic oxidation sites excluding steroid dienone is 1. The van der Waals surface area contributed by atoms with E-state index in [0.717, 1.165) is 14.7 Å². The van der Waals surface area contributed by atoms with Crippen LogP contribution >= 0.6 is 11.3 Å². The Hall–Kier alpha value is -6.43. The lowest BCUT2D eigenvalue weighted by Gasteiger charge is -2.41. The number of aliphatic hydroxyl groups is 1. The van der Waals surface area contributed by atoms with Crippen LogP contribution in [0.25, 0.3) is 6.08 Å². The van der Waals surface area contributed by atoms with Crippen molar-refractivity contribution in [3.8, 4) is 0 Å². The molecular formula is C65H111N11O12S. The van der Waals surface area contributed by atoms with Crippen LogP contribution in [0.2, 0.25) is 0 Å². The fourth-order valence-electron chi connectivity index (χ4n) is 11.1. The molecule has 5 N–H and O–H groups in total. The zero-order chi connectivity index (χ0) is 68.4. The first-order chi connectivity index (χ1) is 41.2. The number of hydrogen-bond donors (Lipinski definition) is 5. The number of thiophene rings is 1. The number of carbonyl (C=O) groups excluding carboxylic acids is 11. The van der Waals surface area contributed by atoms with Gasteiger partial charge in [-0.3, -0.25) is 52.7 Å². The van der Waals surface area contributed by atoms with Gasteiger partial charge in [0.25, 0.3) is 0 Å². The summed E-state index contributed by atoms with van der Waals surface area (Å²) >= 11 is 1.51. The number of carbonyl (C=O) groups is 11. The minimum absolute atomic E-state index is 0.0139. The SMILES string of the molecule is CC[C@@H]1NC(=O)[C@H]([C@H](O)[C@H](C)C/C=C/c2cccs2)N(C)C(=O)[C@H](C(C)C)N(C)C(=O)[C@H](CC(C)C)N(C)C(=O)[C@H](CC(C)C)N(C)C(=O)[C@@H](C)NC(=O)[C@H](C)NC(=O)[C@H](CC(C)C)N(C)C(=O)[C@H](C(C)C)NC(=O)[C@H](CC(C)C)N(C)C(=O)CN(C)C1=O. The molecule has 24 heteroatoms. The van der Waals surface area contributed by atoms with E-state index >= 15 is 14.4 Å². The molecule has 1 fully saturated rings. The minimum Gasteiger partial charge on any atom is -0.390 e. The summed E-state index contributed by atoms with van der Waals surface area (Å²) in [4.78, 5) is 170. The predicted molar refractivity (Wildman–Crippen MR) is 347 cm³/mol. The van der Waals surface area contributed by atoms with E-state index in [0.29, 0.717) is 0 Å². The average Bonchev–Trinajstić information content (AvgIpc) is 1.28. The van der Waals surface area contributed by atoms with Crippen LogP contribution < -0.4 is 21.3 Å². The highest BCUT2D eigenvalue weighted by Gasteiger charge is 2.46. The largest absolute Gasteiger partial charge is 0.390 e. The van der Waals surface area contributed by atoms with Gasteiger partial charge in [-0.2, -0.15) is 0 Å². The number of hydrogen-bond acceptors (Lipinski definition) is 13. The van der Waals surface area contributed by atoms with Crippen LogP contribution in [-0.2, 0) is 52.7 Å². The van der Waals surface area contributed by atoms with E-state index in [2.05, 4.69) is 21.3 Å². The van der Waals surface area contributed by atoms with Crippen molar-refractivity contribution in [2.24, 2.45) is 41.4 Å². The second-order valence-electron chi connectivity index (χ2n) is 26.9. The van der Waals surface area contributed by atoms with Crippen LogP contribution in [0.4, 0.5) is 0 Å². The van der Waals surface area contributed by atoms with Gasteiger partial charge in [-0.15, -0.1) is 11.3 Å². The monoisotopic (exact) mass is 1270 g/mol. The number of nitrogens with zero attached hydrogens (tertiary/aromatic N) is 7. The van der Waals surface area contributed by atoms with E-state index in [1.807, 2.05) is 85.1 Å². The molecule has 1 aromatic heterocycles. The maximum atomic E-state index is 15.3. The normalized spacial score (nSPS) is 26.2. The van der Waals surface area contributed by atoms with Gasteiger partial charge in [0, 0.05) is 54.2 Å². The predicted octanol–water partition coefficient (Wildman–Crippen LogP) is 4.47. The molecule has 89 heavy (non-hydrogen) atoms. The van der Waals surface area contributed by atoms with Crippen LogP contribution in [0.1, 0.15) is 154 Å². The molecule has 1 aromatic rings. The average molecular weight is 1270 g/mol. The molecule has 0 radical (unpaired) electrons. The third-order valence-electron chi connectivity index (χ3n) is 16.7. The zero-order valence-corrected chi connectivity index (χ0v) is 58.5. The molecule has 1 aliphatic heterocycles. The van der Waals surface area contributed by atoms with Gasteiger partial charge >= 0.3 is 0 Å². The Kier molecular flexibility index (Phi) is 31.7. The summed E-state index contributed by atoms with van der Waals surface area (Å²) in [7, 11) is 9.93. The first-order valence-corrected chi connectivity index (χ1v) is 32.5. The quantitative estimate of drug-likeness (QED) is 0.153. The van der Waals surface area contributed by atoms with Crippen LogP contribution in [0.5, 0.6) is 0 Å². The highest BCUT2D eigenvalue weighted by Crippen LogP contribution is 2.26. The molecule has 11 amide bonds.